The molecule has 0 saturated carbocycles. The molecule has 47 heavy (non-hydrogen) atoms. The molecule has 0 bridgehead atoms. The van der Waals surface area contributed by atoms with E-state index < -0.39 is 0 Å². The molecule has 0 saturated heterocycles. The summed E-state index contributed by atoms with van der Waals surface area (Å²) in [4.78, 5) is 2.35. The number of aryl methyl sites for hydroxylation is 1. The van der Waals surface area contributed by atoms with Crippen LogP contribution in [0.2, 0.25) is 0 Å². The zero-order valence-corrected chi connectivity index (χ0v) is 27.7. The van der Waals surface area contributed by atoms with Crippen LogP contribution in [0, 0.1) is 0 Å². The fourth-order valence-corrected chi connectivity index (χ4v) is 5.63. The van der Waals surface area contributed by atoms with Gasteiger partial charge in [-0.15, -0.1) is 0 Å². The zero-order chi connectivity index (χ0) is 32.4. The van der Waals surface area contributed by atoms with Gasteiger partial charge in [0, 0.05) is 17.1 Å². The summed E-state index contributed by atoms with van der Waals surface area (Å²) < 4.78 is 0. The Morgan fingerprint density at radius 3 is 1.17 bits per heavy atom. The van der Waals surface area contributed by atoms with E-state index in [1.54, 1.807) is 0 Å². The lowest BCUT2D eigenvalue weighted by atomic mass is 10.0. The highest BCUT2D eigenvalue weighted by Crippen LogP contribution is 2.35. The molecule has 0 radical (unpaired) electrons. The van der Waals surface area contributed by atoms with Crippen LogP contribution in [0.25, 0.3) is 24.3 Å². The number of unbranched alkanes of at least 4 members (excludes halogenated alkanes) is 5. The topological polar surface area (TPSA) is 3.24 Å². The van der Waals surface area contributed by atoms with Gasteiger partial charge < -0.3 is 4.90 Å². The molecule has 1 heteroatoms. The molecule has 0 heterocycles. The van der Waals surface area contributed by atoms with Gasteiger partial charge in [-0.3, -0.25) is 0 Å². The van der Waals surface area contributed by atoms with Crippen LogP contribution in [0.3, 0.4) is 0 Å². The lowest BCUT2D eigenvalue weighted by Gasteiger charge is -2.26. The van der Waals surface area contributed by atoms with Gasteiger partial charge in [-0.1, -0.05) is 185 Å². The Morgan fingerprint density at radius 1 is 0.383 bits per heavy atom. The summed E-state index contributed by atoms with van der Waals surface area (Å²) in [6.45, 7) is 2.28. The molecule has 0 spiro atoms. The van der Waals surface area contributed by atoms with Crippen molar-refractivity contribution in [2.75, 3.05) is 4.90 Å². The molecule has 0 atom stereocenters. The largest absolute Gasteiger partial charge is 0.311 e. The van der Waals surface area contributed by atoms with E-state index in [-0.39, 0.29) is 0 Å². The average molecular weight is 614 g/mol. The van der Waals surface area contributed by atoms with Crippen LogP contribution in [0.4, 0.5) is 17.1 Å². The average Bonchev–Trinajstić information content (AvgIpc) is 3.13. The first kappa shape index (κ1) is 33.2. The van der Waals surface area contributed by atoms with Gasteiger partial charge in [0.05, 0.1) is 0 Å². The summed E-state index contributed by atoms with van der Waals surface area (Å²) >= 11 is 0. The van der Waals surface area contributed by atoms with Crippen molar-refractivity contribution in [3.05, 3.63) is 186 Å². The summed E-state index contributed by atoms with van der Waals surface area (Å²) in [6, 6.07) is 47.6. The highest BCUT2D eigenvalue weighted by molar-refractivity contribution is 5.78. The molecular weight excluding hydrogens is 567 g/mol. The molecule has 0 unspecified atom stereocenters. The monoisotopic (exact) mass is 613 g/mol. The molecule has 5 aromatic carbocycles. The minimum atomic E-state index is 1.14. The molecule has 0 N–H and O–H groups in total. The van der Waals surface area contributed by atoms with Crippen molar-refractivity contribution in [2.24, 2.45) is 0 Å². The molecule has 0 aliphatic carbocycles. The maximum atomic E-state index is 2.35. The number of rotatable bonds is 16. The number of benzene rings is 5. The van der Waals surface area contributed by atoms with E-state index in [1.807, 2.05) is 12.1 Å². The Hall–Kier alpha value is -5.14. The van der Waals surface area contributed by atoms with Crippen LogP contribution in [-0.4, -0.2) is 0 Å². The van der Waals surface area contributed by atoms with Crippen molar-refractivity contribution in [1.29, 1.82) is 0 Å². The van der Waals surface area contributed by atoms with Crippen LogP contribution < -0.4 is 4.90 Å². The molecule has 1 nitrogen and oxygen atoms in total. The summed E-state index contributed by atoms with van der Waals surface area (Å²) in [5.74, 6) is 0. The van der Waals surface area contributed by atoms with Crippen LogP contribution >= 0.6 is 0 Å². The van der Waals surface area contributed by atoms with Crippen molar-refractivity contribution in [3.8, 4) is 0 Å². The number of allylic oxidation sites excluding steroid dienone is 4. The summed E-state index contributed by atoms with van der Waals surface area (Å²) in [7, 11) is 0. The Morgan fingerprint density at radius 2 is 0.745 bits per heavy atom. The third-order valence-electron chi connectivity index (χ3n) is 8.29. The van der Waals surface area contributed by atoms with Crippen LogP contribution in [0.1, 0.15) is 73.3 Å². The third-order valence-corrected chi connectivity index (χ3v) is 8.29. The maximum Gasteiger partial charge on any atom is 0.0462 e. The van der Waals surface area contributed by atoms with Gasteiger partial charge in [0.1, 0.15) is 0 Å². The van der Waals surface area contributed by atoms with Crippen molar-refractivity contribution >= 4 is 41.4 Å². The molecule has 0 aromatic heterocycles. The summed E-state index contributed by atoms with van der Waals surface area (Å²) in [5, 5.41) is 0. The minimum Gasteiger partial charge on any atom is -0.311 e. The fraction of sp³-hybridized carbons (Fsp3) is 0.174. The van der Waals surface area contributed by atoms with Crippen LogP contribution in [0.15, 0.2) is 158 Å². The Kier molecular flexibility index (Phi) is 13.2. The van der Waals surface area contributed by atoms with Gasteiger partial charge in [0.25, 0.3) is 0 Å². The minimum absolute atomic E-state index is 1.14. The number of hydrogen-bond donors (Lipinski definition) is 0. The number of hydrogen-bond acceptors (Lipinski definition) is 1. The van der Waals surface area contributed by atoms with Crippen molar-refractivity contribution in [2.45, 2.75) is 51.9 Å². The Balaban J connectivity index is 1.31. The quantitative estimate of drug-likeness (QED) is 0.0790. The third kappa shape index (κ3) is 11.0. The molecule has 5 aromatic rings. The highest BCUT2D eigenvalue weighted by Gasteiger charge is 2.12. The maximum absolute atomic E-state index is 2.35. The standard InChI is InChI=1S/C46H47N/c1-2-3-4-5-6-9-22-41-27-33-44(34-28-41)47(45-35-29-42(30-36-45)25-16-14-23-39-18-10-7-11-19-39)46-37-31-43(32-38-46)26-17-15-24-40-20-12-8-13-21-40/h7-8,10-21,23-38H,2-6,9,22H2,1H3/b23-14+,24-15+,25-16+,26-17+. The first-order valence-corrected chi connectivity index (χ1v) is 17.2. The first-order valence-electron chi connectivity index (χ1n) is 17.2. The molecule has 0 fully saturated rings. The molecule has 0 aliphatic rings. The molecular formula is C46H47N. The normalized spacial score (nSPS) is 11.8. The van der Waals surface area contributed by atoms with Crippen molar-refractivity contribution in [1.82, 2.24) is 0 Å². The van der Waals surface area contributed by atoms with E-state index in [0.29, 0.717) is 0 Å². The predicted octanol–water partition coefficient (Wildman–Crippen LogP) is 13.5. The second-order valence-electron chi connectivity index (χ2n) is 12.0. The zero-order valence-electron chi connectivity index (χ0n) is 27.7. The van der Waals surface area contributed by atoms with Crippen molar-refractivity contribution in [3.63, 3.8) is 0 Å². The first-order chi connectivity index (χ1) is 23.3. The van der Waals surface area contributed by atoms with E-state index in [9.17, 15) is 0 Å². The van der Waals surface area contributed by atoms with Gasteiger partial charge in [-0.2, -0.15) is 0 Å². The molecule has 5 rings (SSSR count). The smallest absolute Gasteiger partial charge is 0.0462 e. The molecule has 236 valence electrons. The molecule has 0 aliphatic heterocycles. The van der Waals surface area contributed by atoms with Gasteiger partial charge >= 0.3 is 0 Å². The number of nitrogens with zero attached hydrogens (tertiary/aromatic N) is 1. The van der Waals surface area contributed by atoms with E-state index in [4.69, 9.17) is 0 Å². The summed E-state index contributed by atoms with van der Waals surface area (Å²) in [6.07, 6.45) is 26.0. The van der Waals surface area contributed by atoms with E-state index in [0.717, 1.165) is 17.8 Å². The van der Waals surface area contributed by atoms with E-state index in [1.165, 1.54) is 72.0 Å². The van der Waals surface area contributed by atoms with Crippen LogP contribution in [0.5, 0.6) is 0 Å². The van der Waals surface area contributed by atoms with Gasteiger partial charge in [-0.25, -0.2) is 0 Å². The second kappa shape index (κ2) is 18.7. The Labute approximate surface area is 283 Å². The van der Waals surface area contributed by atoms with Gasteiger partial charge in [0.15, 0.2) is 0 Å². The van der Waals surface area contributed by atoms with Crippen molar-refractivity contribution < 1.29 is 0 Å². The van der Waals surface area contributed by atoms with Gasteiger partial charge in [-0.05, 0) is 77.1 Å². The fourth-order valence-electron chi connectivity index (χ4n) is 5.63. The predicted molar refractivity (Wildman–Crippen MR) is 207 cm³/mol. The lowest BCUT2D eigenvalue weighted by Crippen LogP contribution is -2.10. The van der Waals surface area contributed by atoms with Crippen LogP contribution in [-0.2, 0) is 6.42 Å². The van der Waals surface area contributed by atoms with E-state index in [2.05, 4.69) is 182 Å². The Bertz CT molecular complexity index is 1600. The number of anilines is 3. The summed E-state index contributed by atoms with van der Waals surface area (Å²) in [5.41, 5.74) is 9.60. The van der Waals surface area contributed by atoms with Gasteiger partial charge in [0.2, 0.25) is 0 Å². The van der Waals surface area contributed by atoms with E-state index >= 15 is 0 Å². The molecule has 0 amide bonds. The highest BCUT2D eigenvalue weighted by atomic mass is 15.1. The SMILES string of the molecule is CCCCCCCCc1ccc(N(c2ccc(/C=C/C=C/c3ccccc3)cc2)c2ccc(/C=C/C=C/c3ccccc3)cc2)cc1. The second-order valence-corrected chi connectivity index (χ2v) is 12.0. The lowest BCUT2D eigenvalue weighted by molar-refractivity contribution is 0.607.